The summed E-state index contributed by atoms with van der Waals surface area (Å²) in [5, 5.41) is 3.96. The van der Waals surface area contributed by atoms with E-state index in [4.69, 9.17) is 16.3 Å². The highest BCUT2D eigenvalue weighted by atomic mass is 35.5. The number of nitrogens with one attached hydrogen (secondary N) is 1. The maximum absolute atomic E-state index is 12.9. The lowest BCUT2D eigenvalue weighted by Crippen LogP contribution is -2.61. The SMILES string of the molecule is CC[C@@H](Oc1ccccc1Cl)C(=O)NC12CC3CC(CC(C3)C1)C2. The second kappa shape index (κ2) is 6.25. The molecule has 1 N–H and O–H groups in total. The molecule has 4 saturated carbocycles. The average molecular weight is 348 g/mol. The zero-order valence-corrected chi connectivity index (χ0v) is 15.0. The van der Waals surface area contributed by atoms with Crippen LogP contribution in [-0.2, 0) is 4.79 Å². The van der Waals surface area contributed by atoms with Crippen molar-refractivity contribution in [2.24, 2.45) is 17.8 Å². The first kappa shape index (κ1) is 16.3. The summed E-state index contributed by atoms with van der Waals surface area (Å²) >= 11 is 6.17. The molecule has 0 spiro atoms. The van der Waals surface area contributed by atoms with Gasteiger partial charge in [0.1, 0.15) is 5.75 Å². The molecular weight excluding hydrogens is 322 g/mol. The van der Waals surface area contributed by atoms with Crippen LogP contribution in [0.1, 0.15) is 51.9 Å². The second-order valence-corrected chi connectivity index (χ2v) is 8.54. The summed E-state index contributed by atoms with van der Waals surface area (Å²) in [6.07, 6.45) is 7.78. The van der Waals surface area contributed by atoms with Gasteiger partial charge in [-0.15, -0.1) is 0 Å². The Balaban J connectivity index is 1.45. The fourth-order valence-electron chi connectivity index (χ4n) is 5.62. The van der Waals surface area contributed by atoms with Gasteiger partial charge in [-0.3, -0.25) is 4.79 Å². The third-order valence-corrected chi connectivity index (χ3v) is 6.51. The molecule has 0 aromatic heterocycles. The van der Waals surface area contributed by atoms with Crippen LogP contribution in [-0.4, -0.2) is 17.6 Å². The fourth-order valence-corrected chi connectivity index (χ4v) is 5.80. The number of carbonyl (C=O) groups excluding carboxylic acids is 1. The van der Waals surface area contributed by atoms with Crippen molar-refractivity contribution in [3.63, 3.8) is 0 Å². The van der Waals surface area contributed by atoms with E-state index < -0.39 is 6.10 Å². The summed E-state index contributed by atoms with van der Waals surface area (Å²) in [6, 6.07) is 7.36. The summed E-state index contributed by atoms with van der Waals surface area (Å²) in [7, 11) is 0. The van der Waals surface area contributed by atoms with Gasteiger partial charge >= 0.3 is 0 Å². The van der Waals surface area contributed by atoms with Crippen molar-refractivity contribution in [3.8, 4) is 5.75 Å². The Morgan fingerprint density at radius 3 is 2.33 bits per heavy atom. The number of para-hydroxylation sites is 1. The topological polar surface area (TPSA) is 38.3 Å². The molecule has 0 radical (unpaired) electrons. The van der Waals surface area contributed by atoms with Gasteiger partial charge in [0.2, 0.25) is 0 Å². The summed E-state index contributed by atoms with van der Waals surface area (Å²) in [6.45, 7) is 1.99. The van der Waals surface area contributed by atoms with Gasteiger partial charge < -0.3 is 10.1 Å². The maximum atomic E-state index is 12.9. The molecule has 130 valence electrons. The third-order valence-electron chi connectivity index (χ3n) is 6.20. The first-order valence-corrected chi connectivity index (χ1v) is 9.68. The molecule has 0 unspecified atom stereocenters. The van der Waals surface area contributed by atoms with Crippen LogP contribution in [0.25, 0.3) is 0 Å². The van der Waals surface area contributed by atoms with Crippen molar-refractivity contribution in [2.45, 2.75) is 63.5 Å². The second-order valence-electron chi connectivity index (χ2n) is 8.13. The molecule has 0 aliphatic heterocycles. The van der Waals surface area contributed by atoms with E-state index in [2.05, 4.69) is 5.32 Å². The highest BCUT2D eigenvalue weighted by molar-refractivity contribution is 6.32. The van der Waals surface area contributed by atoms with Crippen LogP contribution in [0, 0.1) is 17.8 Å². The minimum atomic E-state index is -0.474. The molecule has 1 amide bonds. The van der Waals surface area contributed by atoms with Gasteiger partial charge in [-0.2, -0.15) is 0 Å². The predicted molar refractivity (Wildman–Crippen MR) is 95.2 cm³/mol. The van der Waals surface area contributed by atoms with Crippen LogP contribution in [0.3, 0.4) is 0 Å². The van der Waals surface area contributed by atoms with Crippen LogP contribution in [0.2, 0.25) is 5.02 Å². The molecule has 1 aromatic rings. The number of benzene rings is 1. The van der Waals surface area contributed by atoms with Crippen molar-refractivity contribution in [1.29, 1.82) is 0 Å². The predicted octanol–water partition coefficient (Wildman–Crippen LogP) is 4.58. The number of amides is 1. The lowest BCUT2D eigenvalue weighted by atomic mass is 9.53. The highest BCUT2D eigenvalue weighted by Crippen LogP contribution is 2.55. The van der Waals surface area contributed by atoms with Gasteiger partial charge in [-0.05, 0) is 74.8 Å². The molecule has 3 nitrogen and oxygen atoms in total. The van der Waals surface area contributed by atoms with Crippen molar-refractivity contribution < 1.29 is 9.53 Å². The zero-order valence-electron chi connectivity index (χ0n) is 14.3. The molecular formula is C20H26ClNO2. The smallest absolute Gasteiger partial charge is 0.261 e. The molecule has 0 saturated heterocycles. The van der Waals surface area contributed by atoms with Gasteiger partial charge in [-0.25, -0.2) is 0 Å². The molecule has 5 rings (SSSR count). The van der Waals surface area contributed by atoms with E-state index in [-0.39, 0.29) is 11.4 Å². The molecule has 24 heavy (non-hydrogen) atoms. The molecule has 4 bridgehead atoms. The van der Waals surface area contributed by atoms with Crippen molar-refractivity contribution >= 4 is 17.5 Å². The molecule has 4 heteroatoms. The summed E-state index contributed by atoms with van der Waals surface area (Å²) in [5.41, 5.74) is 0.0308. The Hall–Kier alpha value is -1.22. The van der Waals surface area contributed by atoms with Gasteiger partial charge in [0.25, 0.3) is 5.91 Å². The molecule has 4 fully saturated rings. The van der Waals surface area contributed by atoms with Crippen LogP contribution in [0.5, 0.6) is 5.75 Å². The Bertz CT molecular complexity index is 595. The summed E-state index contributed by atoms with van der Waals surface area (Å²) in [5.74, 6) is 3.08. The number of halogens is 1. The van der Waals surface area contributed by atoms with Crippen molar-refractivity contribution in [2.75, 3.05) is 0 Å². The fraction of sp³-hybridized carbons (Fsp3) is 0.650. The molecule has 4 aliphatic rings. The van der Waals surface area contributed by atoms with E-state index in [0.29, 0.717) is 17.2 Å². The van der Waals surface area contributed by atoms with Crippen LogP contribution < -0.4 is 10.1 Å². The van der Waals surface area contributed by atoms with Crippen LogP contribution in [0.4, 0.5) is 0 Å². The van der Waals surface area contributed by atoms with E-state index >= 15 is 0 Å². The van der Waals surface area contributed by atoms with Gasteiger partial charge in [0, 0.05) is 5.54 Å². The highest BCUT2D eigenvalue weighted by Gasteiger charge is 2.51. The number of carbonyl (C=O) groups is 1. The lowest BCUT2D eigenvalue weighted by molar-refractivity contribution is -0.133. The number of hydrogen-bond donors (Lipinski definition) is 1. The van der Waals surface area contributed by atoms with Crippen molar-refractivity contribution in [1.82, 2.24) is 5.32 Å². The van der Waals surface area contributed by atoms with Gasteiger partial charge in [0.15, 0.2) is 6.10 Å². The monoisotopic (exact) mass is 347 g/mol. The number of hydrogen-bond acceptors (Lipinski definition) is 2. The largest absolute Gasteiger partial charge is 0.479 e. The minimum Gasteiger partial charge on any atom is -0.479 e. The molecule has 1 aromatic carbocycles. The zero-order chi connectivity index (χ0) is 16.7. The molecule has 0 heterocycles. The van der Waals surface area contributed by atoms with E-state index in [1.54, 1.807) is 6.07 Å². The first-order valence-electron chi connectivity index (χ1n) is 9.30. The Kier molecular flexibility index (Phi) is 4.24. The normalized spacial score (nSPS) is 34.8. The lowest BCUT2D eigenvalue weighted by Gasteiger charge is -2.57. The minimum absolute atomic E-state index is 0.0272. The Morgan fingerprint density at radius 1 is 1.21 bits per heavy atom. The molecule has 4 aliphatic carbocycles. The van der Waals surface area contributed by atoms with E-state index in [1.807, 2.05) is 25.1 Å². The Labute approximate surface area is 149 Å². The van der Waals surface area contributed by atoms with E-state index in [1.165, 1.54) is 19.3 Å². The standard InChI is InChI=1S/C20H26ClNO2/c1-2-17(24-18-6-4-3-5-16(18)21)19(23)22-20-10-13-7-14(11-20)9-15(8-13)12-20/h3-6,13-15,17H,2,7-12H2,1H3,(H,22,23)/t13?,14?,15?,17-,20?/m1/s1. The Morgan fingerprint density at radius 2 is 1.79 bits per heavy atom. The summed E-state index contributed by atoms with van der Waals surface area (Å²) < 4.78 is 5.93. The quantitative estimate of drug-likeness (QED) is 0.846. The third kappa shape index (κ3) is 3.03. The van der Waals surface area contributed by atoms with Crippen molar-refractivity contribution in [3.05, 3.63) is 29.3 Å². The summed E-state index contributed by atoms with van der Waals surface area (Å²) in [4.78, 5) is 12.9. The van der Waals surface area contributed by atoms with E-state index in [0.717, 1.165) is 37.0 Å². The van der Waals surface area contributed by atoms with Crippen LogP contribution in [0.15, 0.2) is 24.3 Å². The number of ether oxygens (including phenoxy) is 1. The molecule has 1 atom stereocenters. The number of rotatable bonds is 5. The maximum Gasteiger partial charge on any atom is 0.261 e. The van der Waals surface area contributed by atoms with Gasteiger partial charge in [0.05, 0.1) is 5.02 Å². The van der Waals surface area contributed by atoms with Gasteiger partial charge in [-0.1, -0.05) is 30.7 Å². The van der Waals surface area contributed by atoms with Crippen LogP contribution >= 0.6 is 11.6 Å². The van der Waals surface area contributed by atoms with E-state index in [9.17, 15) is 4.79 Å². The first-order chi connectivity index (χ1) is 11.6. The average Bonchev–Trinajstić information content (AvgIpc) is 2.52.